The van der Waals surface area contributed by atoms with Gasteiger partial charge in [0.05, 0.1) is 10.7 Å². The Morgan fingerprint density at radius 2 is 1.70 bits per heavy atom. The van der Waals surface area contributed by atoms with E-state index in [1.807, 2.05) is 24.3 Å². The minimum absolute atomic E-state index is 0.0417. The van der Waals surface area contributed by atoms with E-state index < -0.39 is 6.61 Å². The molecule has 1 amide bonds. The molecule has 2 aromatic carbocycles. The molecule has 0 unspecified atom stereocenters. The number of halogens is 3. The second kappa shape index (κ2) is 8.86. The summed E-state index contributed by atoms with van der Waals surface area (Å²) in [6.07, 6.45) is 2.89. The molecule has 0 aromatic heterocycles. The molecule has 0 aliphatic carbocycles. The molecule has 2 aromatic rings. The van der Waals surface area contributed by atoms with Crippen molar-refractivity contribution in [1.82, 2.24) is 4.90 Å². The minimum atomic E-state index is -2.91. The molecule has 3 rings (SSSR count). The number of alkyl halides is 2. The van der Waals surface area contributed by atoms with Crippen molar-refractivity contribution in [3.05, 3.63) is 65.2 Å². The Morgan fingerprint density at radius 3 is 2.41 bits per heavy atom. The van der Waals surface area contributed by atoms with Crippen molar-refractivity contribution < 1.29 is 18.3 Å². The van der Waals surface area contributed by atoms with E-state index in [9.17, 15) is 13.6 Å². The van der Waals surface area contributed by atoms with Gasteiger partial charge in [-0.1, -0.05) is 41.9 Å². The molecule has 0 N–H and O–H groups in total. The number of nitrogens with zero attached hydrogens (tertiary/aromatic N) is 2. The summed E-state index contributed by atoms with van der Waals surface area (Å²) in [7, 11) is 0. The number of rotatable bonds is 5. The lowest BCUT2D eigenvalue weighted by Gasteiger charge is -2.36. The molecule has 27 heavy (non-hydrogen) atoms. The van der Waals surface area contributed by atoms with Gasteiger partial charge in [-0.3, -0.25) is 4.79 Å². The van der Waals surface area contributed by atoms with Crippen LogP contribution in [0.1, 0.15) is 5.56 Å². The molecule has 1 aliphatic heterocycles. The molecule has 142 valence electrons. The van der Waals surface area contributed by atoms with Crippen LogP contribution in [0.2, 0.25) is 5.02 Å². The van der Waals surface area contributed by atoms with Crippen LogP contribution in [0.15, 0.2) is 54.6 Å². The molecule has 4 nitrogen and oxygen atoms in total. The smallest absolute Gasteiger partial charge is 0.387 e. The first-order valence-electron chi connectivity index (χ1n) is 8.55. The fourth-order valence-electron chi connectivity index (χ4n) is 2.96. The third kappa shape index (κ3) is 4.98. The van der Waals surface area contributed by atoms with Gasteiger partial charge in [0.2, 0.25) is 5.91 Å². The highest BCUT2D eigenvalue weighted by Gasteiger charge is 2.21. The topological polar surface area (TPSA) is 32.8 Å². The van der Waals surface area contributed by atoms with Crippen molar-refractivity contribution in [2.24, 2.45) is 0 Å². The van der Waals surface area contributed by atoms with E-state index in [1.54, 1.807) is 23.1 Å². The summed E-state index contributed by atoms with van der Waals surface area (Å²) in [5, 5.41) is 0.688. The van der Waals surface area contributed by atoms with Crippen LogP contribution in [0.25, 0.3) is 6.08 Å². The molecule has 0 bridgehead atoms. The number of benzene rings is 2. The standard InChI is InChI=1S/C20H19ClF2N2O2/c21-16-6-2-3-7-17(16)24-11-13-25(14-12-24)19(26)10-9-15-5-1-4-8-18(15)27-20(22)23/h1-10,20H,11-14H2/b10-9+. The largest absolute Gasteiger partial charge is 0.434 e. The van der Waals surface area contributed by atoms with E-state index in [-0.39, 0.29) is 11.7 Å². The summed E-state index contributed by atoms with van der Waals surface area (Å²) in [6, 6.07) is 14.0. The number of piperazine rings is 1. The molecular weight excluding hydrogens is 374 g/mol. The third-order valence-corrected chi connectivity index (χ3v) is 4.64. The predicted octanol–water partition coefficient (Wildman–Crippen LogP) is 4.30. The average molecular weight is 393 g/mol. The van der Waals surface area contributed by atoms with Gasteiger partial charge in [-0.15, -0.1) is 0 Å². The first-order valence-corrected chi connectivity index (χ1v) is 8.92. The second-order valence-electron chi connectivity index (χ2n) is 6.01. The van der Waals surface area contributed by atoms with E-state index in [4.69, 9.17) is 11.6 Å². The van der Waals surface area contributed by atoms with E-state index >= 15 is 0 Å². The lowest BCUT2D eigenvalue weighted by molar-refractivity contribution is -0.126. The highest BCUT2D eigenvalue weighted by Crippen LogP contribution is 2.26. The quantitative estimate of drug-likeness (QED) is 0.711. The highest BCUT2D eigenvalue weighted by atomic mass is 35.5. The van der Waals surface area contributed by atoms with Gasteiger partial charge in [0.25, 0.3) is 0 Å². The number of amides is 1. The summed E-state index contributed by atoms with van der Waals surface area (Å²) in [5.74, 6) is -0.124. The number of hydrogen-bond acceptors (Lipinski definition) is 3. The molecule has 1 saturated heterocycles. The van der Waals surface area contributed by atoms with Crippen molar-refractivity contribution in [2.45, 2.75) is 6.61 Å². The molecule has 0 radical (unpaired) electrons. The van der Waals surface area contributed by atoms with Crippen molar-refractivity contribution in [3.8, 4) is 5.75 Å². The third-order valence-electron chi connectivity index (χ3n) is 4.33. The van der Waals surface area contributed by atoms with Gasteiger partial charge < -0.3 is 14.5 Å². The van der Waals surface area contributed by atoms with Crippen LogP contribution in [-0.4, -0.2) is 43.6 Å². The van der Waals surface area contributed by atoms with E-state index in [0.717, 1.165) is 5.69 Å². The van der Waals surface area contributed by atoms with Gasteiger partial charge in [-0.2, -0.15) is 8.78 Å². The zero-order chi connectivity index (χ0) is 19.2. The summed E-state index contributed by atoms with van der Waals surface area (Å²) in [5.41, 5.74) is 1.39. The Labute approximate surface area is 161 Å². The average Bonchev–Trinajstić information content (AvgIpc) is 2.67. The summed E-state index contributed by atoms with van der Waals surface area (Å²) >= 11 is 6.23. The molecule has 1 aliphatic rings. The number of anilines is 1. The number of para-hydroxylation sites is 2. The molecule has 7 heteroatoms. The lowest BCUT2D eigenvalue weighted by Crippen LogP contribution is -2.48. The summed E-state index contributed by atoms with van der Waals surface area (Å²) in [4.78, 5) is 16.3. The van der Waals surface area contributed by atoms with E-state index in [1.165, 1.54) is 18.2 Å². The lowest BCUT2D eigenvalue weighted by atomic mass is 10.2. The number of carbonyl (C=O) groups excluding carboxylic acids is 1. The molecular formula is C20H19ClF2N2O2. The summed E-state index contributed by atoms with van der Waals surface area (Å²) in [6.45, 7) is -0.441. The summed E-state index contributed by atoms with van der Waals surface area (Å²) < 4.78 is 29.4. The highest BCUT2D eigenvalue weighted by molar-refractivity contribution is 6.33. The second-order valence-corrected chi connectivity index (χ2v) is 6.42. The number of carbonyl (C=O) groups is 1. The molecule has 1 fully saturated rings. The van der Waals surface area contributed by atoms with Crippen LogP contribution in [0.4, 0.5) is 14.5 Å². The Morgan fingerprint density at radius 1 is 1.04 bits per heavy atom. The van der Waals surface area contributed by atoms with E-state index in [2.05, 4.69) is 9.64 Å². The normalized spacial score (nSPS) is 14.8. The first kappa shape index (κ1) is 19.2. The van der Waals surface area contributed by atoms with E-state index in [0.29, 0.717) is 36.8 Å². The maximum absolute atomic E-state index is 12.5. The van der Waals surface area contributed by atoms with Gasteiger partial charge in [0.15, 0.2) is 0 Å². The fourth-order valence-corrected chi connectivity index (χ4v) is 3.22. The molecule has 0 saturated carbocycles. The monoisotopic (exact) mass is 392 g/mol. The van der Waals surface area contributed by atoms with Crippen molar-refractivity contribution in [1.29, 1.82) is 0 Å². The first-order chi connectivity index (χ1) is 13.0. The van der Waals surface area contributed by atoms with Crippen LogP contribution >= 0.6 is 11.6 Å². The van der Waals surface area contributed by atoms with Crippen LogP contribution in [0.3, 0.4) is 0 Å². The number of hydrogen-bond donors (Lipinski definition) is 0. The molecule has 0 spiro atoms. The molecule has 0 atom stereocenters. The SMILES string of the molecule is O=C(/C=C/c1ccccc1OC(F)F)N1CCN(c2ccccc2Cl)CC1. The maximum Gasteiger partial charge on any atom is 0.387 e. The zero-order valence-corrected chi connectivity index (χ0v) is 15.3. The minimum Gasteiger partial charge on any atom is -0.434 e. The zero-order valence-electron chi connectivity index (χ0n) is 14.5. The van der Waals surface area contributed by atoms with Crippen LogP contribution < -0.4 is 9.64 Å². The molecule has 1 heterocycles. The van der Waals surface area contributed by atoms with Crippen LogP contribution in [-0.2, 0) is 4.79 Å². The van der Waals surface area contributed by atoms with Gasteiger partial charge in [-0.25, -0.2) is 0 Å². The van der Waals surface area contributed by atoms with Crippen molar-refractivity contribution in [2.75, 3.05) is 31.1 Å². The fraction of sp³-hybridized carbons (Fsp3) is 0.250. The predicted molar refractivity (Wildman–Crippen MR) is 102 cm³/mol. The Hall–Kier alpha value is -2.60. The van der Waals surface area contributed by atoms with Gasteiger partial charge in [0, 0.05) is 37.8 Å². The van der Waals surface area contributed by atoms with Gasteiger partial charge in [-0.05, 0) is 24.3 Å². The van der Waals surface area contributed by atoms with Gasteiger partial charge >= 0.3 is 6.61 Å². The Bertz CT molecular complexity index is 821. The van der Waals surface area contributed by atoms with Crippen molar-refractivity contribution in [3.63, 3.8) is 0 Å². The Balaban J connectivity index is 1.60. The van der Waals surface area contributed by atoms with Crippen LogP contribution in [0.5, 0.6) is 5.75 Å². The Kier molecular flexibility index (Phi) is 6.29. The maximum atomic E-state index is 12.5. The van der Waals surface area contributed by atoms with Gasteiger partial charge in [0.1, 0.15) is 5.75 Å². The van der Waals surface area contributed by atoms with Crippen LogP contribution in [0, 0.1) is 0 Å². The number of ether oxygens (including phenoxy) is 1. The van der Waals surface area contributed by atoms with Crippen molar-refractivity contribution >= 4 is 29.3 Å².